The second kappa shape index (κ2) is 5.23. The van der Waals surface area contributed by atoms with Gasteiger partial charge in [0.05, 0.1) is 4.90 Å². The van der Waals surface area contributed by atoms with E-state index >= 15 is 0 Å². The molecule has 0 aliphatic heterocycles. The third-order valence-electron chi connectivity index (χ3n) is 2.71. The number of benzene rings is 2. The van der Waals surface area contributed by atoms with Crippen LogP contribution in [-0.2, 0) is 10.0 Å². The maximum absolute atomic E-state index is 12.3. The molecule has 99 valence electrons. The Kier molecular flexibility index (Phi) is 3.83. The molecule has 1 radical (unpaired) electrons. The fourth-order valence-corrected chi connectivity index (χ4v) is 3.22. The summed E-state index contributed by atoms with van der Waals surface area (Å²) in [7, 11) is -3.63. The van der Waals surface area contributed by atoms with E-state index in [2.05, 4.69) is 11.6 Å². The van der Waals surface area contributed by atoms with Gasteiger partial charge in [0.15, 0.2) is 0 Å². The van der Waals surface area contributed by atoms with Crippen LogP contribution in [0.4, 0.5) is 5.69 Å². The van der Waals surface area contributed by atoms with Crippen molar-refractivity contribution in [2.75, 3.05) is 4.72 Å². The zero-order chi connectivity index (χ0) is 14.0. The normalized spacial score (nSPS) is 11.3. The molecule has 5 heteroatoms. The summed E-state index contributed by atoms with van der Waals surface area (Å²) in [5.74, 6) is 0. The SMILES string of the molecule is [CH2]c1ccc(NS(=O)(=O)c2cccc(Cl)c2C)cc1. The molecule has 0 atom stereocenters. The van der Waals surface area contributed by atoms with Crippen LogP contribution in [0.5, 0.6) is 0 Å². The molecule has 0 bridgehead atoms. The lowest BCUT2D eigenvalue weighted by atomic mass is 10.2. The van der Waals surface area contributed by atoms with E-state index in [9.17, 15) is 8.42 Å². The molecule has 0 aromatic heterocycles. The number of nitrogens with one attached hydrogen (secondary N) is 1. The van der Waals surface area contributed by atoms with Crippen LogP contribution in [0, 0.1) is 13.8 Å². The van der Waals surface area contributed by atoms with Gasteiger partial charge in [0.1, 0.15) is 0 Å². The second-order valence-electron chi connectivity index (χ2n) is 4.17. The molecule has 0 saturated heterocycles. The molecular formula is C14H13ClNO2S. The van der Waals surface area contributed by atoms with E-state index in [4.69, 9.17) is 11.6 Å². The van der Waals surface area contributed by atoms with E-state index in [1.807, 2.05) is 0 Å². The van der Waals surface area contributed by atoms with Crippen molar-refractivity contribution in [1.29, 1.82) is 0 Å². The molecule has 0 spiro atoms. The Morgan fingerprint density at radius 3 is 2.37 bits per heavy atom. The van der Waals surface area contributed by atoms with Gasteiger partial charge in [0.25, 0.3) is 10.0 Å². The topological polar surface area (TPSA) is 46.2 Å². The Balaban J connectivity index is 2.38. The number of anilines is 1. The van der Waals surface area contributed by atoms with Crippen LogP contribution in [-0.4, -0.2) is 8.42 Å². The second-order valence-corrected chi connectivity index (χ2v) is 6.22. The van der Waals surface area contributed by atoms with Crippen molar-refractivity contribution < 1.29 is 8.42 Å². The lowest BCUT2D eigenvalue weighted by Gasteiger charge is -2.11. The van der Waals surface area contributed by atoms with Gasteiger partial charge in [-0.15, -0.1) is 0 Å². The minimum absolute atomic E-state index is 0.179. The standard InChI is InChI=1S/C14H13ClNO2S/c1-10-6-8-12(9-7-10)16-19(17,18)14-5-3-4-13(15)11(14)2/h3-9,16H,1H2,2H3. The van der Waals surface area contributed by atoms with Crippen LogP contribution < -0.4 is 4.72 Å². The fourth-order valence-electron chi connectivity index (χ4n) is 1.66. The smallest absolute Gasteiger partial charge is 0.262 e. The molecule has 19 heavy (non-hydrogen) atoms. The predicted octanol–water partition coefficient (Wildman–Crippen LogP) is 3.63. The quantitative estimate of drug-likeness (QED) is 0.939. The Labute approximate surface area is 118 Å². The first-order chi connectivity index (χ1) is 8.90. The predicted molar refractivity (Wildman–Crippen MR) is 77.9 cm³/mol. The van der Waals surface area contributed by atoms with E-state index < -0.39 is 10.0 Å². The number of rotatable bonds is 3. The van der Waals surface area contributed by atoms with Gasteiger partial charge in [-0.05, 0) is 49.2 Å². The van der Waals surface area contributed by atoms with Gasteiger partial charge in [-0.1, -0.05) is 29.8 Å². The lowest BCUT2D eigenvalue weighted by molar-refractivity contribution is 0.600. The monoisotopic (exact) mass is 294 g/mol. The summed E-state index contributed by atoms with van der Waals surface area (Å²) in [5.41, 5.74) is 1.85. The average Bonchev–Trinajstić information content (AvgIpc) is 2.35. The maximum atomic E-state index is 12.3. The molecule has 2 aromatic rings. The van der Waals surface area contributed by atoms with Crippen LogP contribution in [0.3, 0.4) is 0 Å². The first-order valence-corrected chi connectivity index (χ1v) is 7.46. The van der Waals surface area contributed by atoms with Crippen molar-refractivity contribution in [3.63, 3.8) is 0 Å². The highest BCUT2D eigenvalue weighted by atomic mass is 35.5. The van der Waals surface area contributed by atoms with Crippen LogP contribution in [0.1, 0.15) is 11.1 Å². The number of sulfonamides is 1. The Bertz CT molecular complexity index is 694. The molecule has 3 nitrogen and oxygen atoms in total. The Morgan fingerprint density at radius 2 is 1.74 bits per heavy atom. The zero-order valence-corrected chi connectivity index (χ0v) is 11.9. The Morgan fingerprint density at radius 1 is 1.11 bits per heavy atom. The van der Waals surface area contributed by atoms with Crippen molar-refractivity contribution in [3.05, 3.63) is 65.5 Å². The molecule has 0 heterocycles. The minimum Gasteiger partial charge on any atom is -0.280 e. The minimum atomic E-state index is -3.63. The summed E-state index contributed by atoms with van der Waals surface area (Å²) in [6, 6.07) is 11.6. The molecule has 0 aliphatic carbocycles. The van der Waals surface area contributed by atoms with Crippen LogP contribution >= 0.6 is 11.6 Å². The molecule has 0 fully saturated rings. The summed E-state index contributed by atoms with van der Waals surface area (Å²) in [4.78, 5) is 0.179. The van der Waals surface area contributed by atoms with E-state index in [0.29, 0.717) is 16.3 Å². The lowest BCUT2D eigenvalue weighted by Crippen LogP contribution is -2.14. The van der Waals surface area contributed by atoms with Crippen LogP contribution in [0.25, 0.3) is 0 Å². The number of halogens is 1. The fraction of sp³-hybridized carbons (Fsp3) is 0.0714. The average molecular weight is 295 g/mol. The van der Waals surface area contributed by atoms with Gasteiger partial charge < -0.3 is 0 Å². The van der Waals surface area contributed by atoms with Gasteiger partial charge >= 0.3 is 0 Å². The van der Waals surface area contributed by atoms with Crippen molar-refractivity contribution in [1.82, 2.24) is 0 Å². The van der Waals surface area contributed by atoms with Crippen LogP contribution in [0.2, 0.25) is 5.02 Å². The van der Waals surface area contributed by atoms with Crippen LogP contribution in [0.15, 0.2) is 47.4 Å². The van der Waals surface area contributed by atoms with Gasteiger partial charge in [-0.2, -0.15) is 0 Å². The third-order valence-corrected chi connectivity index (χ3v) is 4.65. The highest BCUT2D eigenvalue weighted by Crippen LogP contribution is 2.24. The largest absolute Gasteiger partial charge is 0.280 e. The molecule has 0 unspecified atom stereocenters. The van der Waals surface area contributed by atoms with Gasteiger partial charge in [-0.3, -0.25) is 4.72 Å². The van der Waals surface area contributed by atoms with E-state index in [-0.39, 0.29) is 4.90 Å². The molecule has 0 amide bonds. The summed E-state index contributed by atoms with van der Waals surface area (Å²) >= 11 is 5.94. The summed E-state index contributed by atoms with van der Waals surface area (Å²) in [5, 5.41) is 0.427. The summed E-state index contributed by atoms with van der Waals surface area (Å²) in [6.07, 6.45) is 0. The molecule has 0 saturated carbocycles. The van der Waals surface area contributed by atoms with E-state index in [1.165, 1.54) is 6.07 Å². The van der Waals surface area contributed by atoms with Crippen molar-refractivity contribution >= 4 is 27.3 Å². The number of hydrogen-bond donors (Lipinski definition) is 1. The van der Waals surface area contributed by atoms with Crippen molar-refractivity contribution in [2.24, 2.45) is 0 Å². The molecule has 2 rings (SSSR count). The zero-order valence-electron chi connectivity index (χ0n) is 10.4. The Hall–Kier alpha value is -1.52. The van der Waals surface area contributed by atoms with Crippen molar-refractivity contribution in [3.8, 4) is 0 Å². The van der Waals surface area contributed by atoms with Gasteiger partial charge in [0, 0.05) is 10.7 Å². The van der Waals surface area contributed by atoms with Gasteiger partial charge in [-0.25, -0.2) is 8.42 Å². The molecular weight excluding hydrogens is 282 g/mol. The van der Waals surface area contributed by atoms with E-state index in [0.717, 1.165) is 5.56 Å². The summed E-state index contributed by atoms with van der Waals surface area (Å²) < 4.78 is 27.1. The number of hydrogen-bond acceptors (Lipinski definition) is 2. The molecule has 0 aliphatic rings. The summed E-state index contributed by atoms with van der Waals surface area (Å²) in [6.45, 7) is 5.42. The van der Waals surface area contributed by atoms with Crippen molar-refractivity contribution in [2.45, 2.75) is 11.8 Å². The molecule has 1 N–H and O–H groups in total. The van der Waals surface area contributed by atoms with Gasteiger partial charge in [0.2, 0.25) is 0 Å². The molecule has 2 aromatic carbocycles. The first kappa shape index (κ1) is 13.9. The highest BCUT2D eigenvalue weighted by molar-refractivity contribution is 7.92. The van der Waals surface area contributed by atoms with E-state index in [1.54, 1.807) is 43.3 Å². The first-order valence-electron chi connectivity index (χ1n) is 5.60. The maximum Gasteiger partial charge on any atom is 0.262 e. The third kappa shape index (κ3) is 3.08. The highest BCUT2D eigenvalue weighted by Gasteiger charge is 2.17.